The highest BCUT2D eigenvalue weighted by Crippen LogP contribution is 2.10. The summed E-state index contributed by atoms with van der Waals surface area (Å²) in [5.74, 6) is -0.168. The fourth-order valence-corrected chi connectivity index (χ4v) is 2.72. The van der Waals surface area contributed by atoms with Crippen LogP contribution in [0.15, 0.2) is 35.4 Å². The minimum atomic E-state index is -0.825. The van der Waals surface area contributed by atoms with Gasteiger partial charge in [0.15, 0.2) is 0 Å². The molecule has 0 unspecified atom stereocenters. The van der Waals surface area contributed by atoms with E-state index in [1.807, 2.05) is 44.2 Å². The first kappa shape index (κ1) is 24.9. The summed E-state index contributed by atoms with van der Waals surface area (Å²) in [6.07, 6.45) is 3.67. The number of urea groups is 1. The summed E-state index contributed by atoms with van der Waals surface area (Å²) in [6.45, 7) is 6.50. The lowest BCUT2D eigenvalue weighted by molar-refractivity contribution is -0.129. The van der Waals surface area contributed by atoms with E-state index in [1.54, 1.807) is 0 Å². The van der Waals surface area contributed by atoms with Gasteiger partial charge >= 0.3 is 12.1 Å². The second-order valence-corrected chi connectivity index (χ2v) is 7.35. The number of nitrogens with two attached hydrogens (primary N) is 1. The van der Waals surface area contributed by atoms with E-state index in [9.17, 15) is 14.4 Å². The minimum Gasteiger partial charge on any atom is -0.445 e. The van der Waals surface area contributed by atoms with Crippen molar-refractivity contribution < 1.29 is 19.1 Å². The van der Waals surface area contributed by atoms with Crippen molar-refractivity contribution in [3.8, 4) is 0 Å². The van der Waals surface area contributed by atoms with Crippen LogP contribution in [0.5, 0.6) is 0 Å². The Hall–Kier alpha value is -3.10. The molecule has 0 aliphatic carbocycles. The SMILES string of the molecule is CCCCCN(C=NNC(N)=O)C(=O)[C@H](CC(C)C)NC(=O)OCc1ccccc1. The normalized spacial score (nSPS) is 11.9. The van der Waals surface area contributed by atoms with E-state index in [1.165, 1.54) is 11.2 Å². The minimum absolute atomic E-state index is 0.111. The van der Waals surface area contributed by atoms with E-state index in [4.69, 9.17) is 10.5 Å². The van der Waals surface area contributed by atoms with Crippen molar-refractivity contribution in [2.75, 3.05) is 6.54 Å². The van der Waals surface area contributed by atoms with Gasteiger partial charge in [-0.2, -0.15) is 5.10 Å². The molecule has 1 atom stereocenters. The molecular weight excluding hydrogens is 386 g/mol. The number of ether oxygens (including phenoxy) is 1. The third kappa shape index (κ3) is 10.4. The molecule has 1 aromatic carbocycles. The second-order valence-electron chi connectivity index (χ2n) is 7.35. The lowest BCUT2D eigenvalue weighted by Crippen LogP contribution is -2.49. The molecule has 9 heteroatoms. The van der Waals surface area contributed by atoms with Gasteiger partial charge < -0.3 is 15.8 Å². The van der Waals surface area contributed by atoms with Crippen molar-refractivity contribution in [3.05, 3.63) is 35.9 Å². The van der Waals surface area contributed by atoms with Crippen molar-refractivity contribution in [1.82, 2.24) is 15.6 Å². The number of nitrogens with zero attached hydrogens (tertiary/aromatic N) is 2. The highest BCUT2D eigenvalue weighted by Gasteiger charge is 2.26. The lowest BCUT2D eigenvalue weighted by atomic mass is 10.0. The van der Waals surface area contributed by atoms with Crippen molar-refractivity contribution in [2.45, 2.75) is 59.1 Å². The van der Waals surface area contributed by atoms with Gasteiger partial charge in [-0.25, -0.2) is 15.0 Å². The number of primary amides is 1. The fourth-order valence-electron chi connectivity index (χ4n) is 2.72. The molecule has 4 N–H and O–H groups in total. The number of rotatable bonds is 12. The van der Waals surface area contributed by atoms with Gasteiger partial charge in [0.05, 0.1) is 0 Å². The summed E-state index contributed by atoms with van der Waals surface area (Å²) < 4.78 is 5.25. The predicted molar refractivity (Wildman–Crippen MR) is 115 cm³/mol. The zero-order valence-electron chi connectivity index (χ0n) is 18.0. The van der Waals surface area contributed by atoms with Gasteiger partial charge in [0.25, 0.3) is 0 Å². The van der Waals surface area contributed by atoms with E-state index in [0.717, 1.165) is 24.8 Å². The van der Waals surface area contributed by atoms with Crippen molar-refractivity contribution in [1.29, 1.82) is 0 Å². The molecule has 0 fully saturated rings. The summed E-state index contributed by atoms with van der Waals surface area (Å²) in [4.78, 5) is 37.6. The Morgan fingerprint density at radius 1 is 1.20 bits per heavy atom. The third-order valence-electron chi connectivity index (χ3n) is 4.17. The Morgan fingerprint density at radius 2 is 1.90 bits per heavy atom. The number of unbranched alkanes of at least 4 members (excludes halogenated alkanes) is 2. The zero-order chi connectivity index (χ0) is 22.4. The molecule has 0 heterocycles. The average Bonchev–Trinajstić information content (AvgIpc) is 2.70. The Kier molecular flexibility index (Phi) is 11.6. The Bertz CT molecular complexity index is 694. The van der Waals surface area contributed by atoms with Crippen molar-refractivity contribution in [2.24, 2.45) is 16.8 Å². The van der Waals surface area contributed by atoms with Gasteiger partial charge in [-0.15, -0.1) is 0 Å². The monoisotopic (exact) mass is 419 g/mol. The maximum Gasteiger partial charge on any atom is 0.408 e. The van der Waals surface area contributed by atoms with Crippen LogP contribution in [-0.2, 0) is 16.1 Å². The summed E-state index contributed by atoms with van der Waals surface area (Å²) >= 11 is 0. The maximum atomic E-state index is 13.1. The van der Waals surface area contributed by atoms with Crippen molar-refractivity contribution >= 4 is 24.4 Å². The topological polar surface area (TPSA) is 126 Å². The molecule has 0 aromatic heterocycles. The molecule has 0 saturated heterocycles. The van der Waals surface area contributed by atoms with Gasteiger partial charge in [-0.3, -0.25) is 9.69 Å². The molecule has 4 amide bonds. The number of amides is 4. The summed E-state index contributed by atoms with van der Waals surface area (Å²) in [7, 11) is 0. The Balaban J connectivity index is 2.80. The van der Waals surface area contributed by atoms with E-state index in [2.05, 4.69) is 22.8 Å². The smallest absolute Gasteiger partial charge is 0.408 e. The van der Waals surface area contributed by atoms with Gasteiger partial charge in [0.2, 0.25) is 5.91 Å². The van der Waals surface area contributed by atoms with Crippen LogP contribution in [0.2, 0.25) is 0 Å². The zero-order valence-corrected chi connectivity index (χ0v) is 18.0. The van der Waals surface area contributed by atoms with E-state index in [-0.39, 0.29) is 18.4 Å². The van der Waals surface area contributed by atoms with Crippen LogP contribution in [-0.4, -0.2) is 41.9 Å². The van der Waals surface area contributed by atoms with Gasteiger partial charge in [0.1, 0.15) is 19.0 Å². The molecule has 30 heavy (non-hydrogen) atoms. The standard InChI is InChI=1S/C21H33N5O4/c1-4-5-9-12-26(15-23-25-20(22)28)19(27)18(13-16(2)3)24-21(29)30-14-17-10-7-6-8-11-17/h6-8,10-11,15-16,18H,4-5,9,12-14H2,1-3H3,(H,24,29)(H3,22,25,28)/t18-/m0/s1. The molecule has 0 aliphatic rings. The maximum absolute atomic E-state index is 13.1. The van der Waals surface area contributed by atoms with Gasteiger partial charge in [-0.1, -0.05) is 63.9 Å². The van der Waals surface area contributed by atoms with Crippen LogP contribution in [0.4, 0.5) is 9.59 Å². The molecule has 0 radical (unpaired) electrons. The molecule has 1 aromatic rings. The van der Waals surface area contributed by atoms with Crippen LogP contribution < -0.4 is 16.5 Å². The van der Waals surface area contributed by atoms with E-state index >= 15 is 0 Å². The number of alkyl carbamates (subject to hydrolysis) is 1. The number of hydrazone groups is 1. The molecule has 9 nitrogen and oxygen atoms in total. The predicted octanol–water partition coefficient (Wildman–Crippen LogP) is 2.96. The first-order chi connectivity index (χ1) is 14.3. The first-order valence-electron chi connectivity index (χ1n) is 10.2. The highest BCUT2D eigenvalue weighted by molar-refractivity contribution is 5.93. The molecular formula is C21H33N5O4. The number of nitrogens with one attached hydrogen (secondary N) is 2. The second kappa shape index (κ2) is 14.0. The number of carbonyl (C=O) groups is 3. The van der Waals surface area contributed by atoms with E-state index < -0.39 is 18.2 Å². The molecule has 0 spiro atoms. The number of carbonyl (C=O) groups excluding carboxylic acids is 3. The molecule has 166 valence electrons. The fraction of sp³-hybridized carbons (Fsp3) is 0.524. The van der Waals surface area contributed by atoms with Crippen LogP contribution >= 0.6 is 0 Å². The number of benzene rings is 1. The summed E-state index contributed by atoms with van der Waals surface area (Å²) in [5.41, 5.74) is 7.94. The van der Waals surface area contributed by atoms with E-state index in [0.29, 0.717) is 13.0 Å². The number of hydrogen-bond acceptors (Lipinski definition) is 5. The quantitative estimate of drug-likeness (QED) is 0.208. The lowest BCUT2D eigenvalue weighted by Gasteiger charge is -2.25. The number of hydrogen-bond donors (Lipinski definition) is 3. The molecule has 0 saturated carbocycles. The van der Waals surface area contributed by atoms with Crippen LogP contribution in [0.25, 0.3) is 0 Å². The molecule has 1 rings (SSSR count). The van der Waals surface area contributed by atoms with Crippen LogP contribution in [0, 0.1) is 5.92 Å². The third-order valence-corrected chi connectivity index (χ3v) is 4.17. The molecule has 0 aliphatic heterocycles. The van der Waals surface area contributed by atoms with Gasteiger partial charge in [-0.05, 0) is 24.3 Å². The average molecular weight is 420 g/mol. The Morgan fingerprint density at radius 3 is 2.50 bits per heavy atom. The summed E-state index contributed by atoms with van der Waals surface area (Å²) in [6, 6.07) is 7.68. The summed E-state index contributed by atoms with van der Waals surface area (Å²) in [5, 5.41) is 6.36. The van der Waals surface area contributed by atoms with Crippen LogP contribution in [0.1, 0.15) is 52.0 Å². The highest BCUT2D eigenvalue weighted by atomic mass is 16.5. The van der Waals surface area contributed by atoms with Crippen molar-refractivity contribution in [3.63, 3.8) is 0 Å². The largest absolute Gasteiger partial charge is 0.445 e. The van der Waals surface area contributed by atoms with Gasteiger partial charge in [0, 0.05) is 6.54 Å². The van der Waals surface area contributed by atoms with Crippen LogP contribution in [0.3, 0.4) is 0 Å². The first-order valence-corrected chi connectivity index (χ1v) is 10.2. The Labute approximate surface area is 178 Å². The molecule has 0 bridgehead atoms.